The molecule has 2 aromatic rings. The topological polar surface area (TPSA) is 93.7 Å². The highest BCUT2D eigenvalue weighted by Crippen LogP contribution is 2.44. The summed E-state index contributed by atoms with van der Waals surface area (Å²) in [5.74, 6) is 0.800. The molecular formula is C34H50ClNO8. The lowest BCUT2D eigenvalue weighted by molar-refractivity contribution is -0.0169. The number of hydrogen-bond donors (Lipinski definition) is 1. The minimum atomic E-state index is -0.407. The van der Waals surface area contributed by atoms with Gasteiger partial charge in [-0.05, 0) is 41.5 Å². The smallest absolute Gasteiger partial charge is 0.407 e. The largest absolute Gasteiger partial charge is 0.449 e. The second-order valence-electron chi connectivity index (χ2n) is 10.4. The molecule has 3 rings (SSSR count). The minimum Gasteiger partial charge on any atom is -0.449 e. The summed E-state index contributed by atoms with van der Waals surface area (Å²) < 4.78 is 38.6. The van der Waals surface area contributed by atoms with Crippen molar-refractivity contribution in [3.63, 3.8) is 0 Å². The van der Waals surface area contributed by atoms with Crippen molar-refractivity contribution in [2.24, 2.45) is 0 Å². The summed E-state index contributed by atoms with van der Waals surface area (Å²) in [6.07, 6.45) is 4.78. The van der Waals surface area contributed by atoms with Gasteiger partial charge in [0.05, 0.1) is 66.1 Å². The van der Waals surface area contributed by atoms with Gasteiger partial charge >= 0.3 is 6.09 Å². The van der Waals surface area contributed by atoms with E-state index in [9.17, 15) is 4.79 Å². The van der Waals surface area contributed by atoms with E-state index in [2.05, 4.69) is 29.6 Å². The minimum absolute atomic E-state index is 0.0586. The van der Waals surface area contributed by atoms with Gasteiger partial charge in [0.15, 0.2) is 0 Å². The second-order valence-corrected chi connectivity index (χ2v) is 10.8. The molecule has 246 valence electrons. The Morgan fingerprint density at radius 2 is 1.00 bits per heavy atom. The lowest BCUT2D eigenvalue weighted by Crippen LogP contribution is -2.27. The van der Waals surface area contributed by atoms with Crippen LogP contribution in [0.4, 0.5) is 4.79 Å². The lowest BCUT2D eigenvalue weighted by Gasteiger charge is -2.14. The van der Waals surface area contributed by atoms with Crippen LogP contribution in [0.2, 0.25) is 0 Å². The van der Waals surface area contributed by atoms with Crippen LogP contribution in [-0.4, -0.2) is 104 Å². The highest BCUT2D eigenvalue weighted by atomic mass is 35.5. The van der Waals surface area contributed by atoms with E-state index in [1.165, 1.54) is 35.1 Å². The summed E-state index contributed by atoms with van der Waals surface area (Å²) in [5.41, 5.74) is 4.83. The molecule has 1 amide bonds. The number of carbonyl (C=O) groups excluding carboxylic acids is 1. The zero-order valence-corrected chi connectivity index (χ0v) is 26.7. The van der Waals surface area contributed by atoms with Crippen LogP contribution in [0.5, 0.6) is 0 Å². The molecule has 0 atom stereocenters. The van der Waals surface area contributed by atoms with Crippen molar-refractivity contribution in [3.05, 3.63) is 59.7 Å². The van der Waals surface area contributed by atoms with Crippen molar-refractivity contribution in [1.29, 1.82) is 0 Å². The van der Waals surface area contributed by atoms with Crippen molar-refractivity contribution in [1.82, 2.24) is 5.32 Å². The number of alkyl halides is 1. The van der Waals surface area contributed by atoms with E-state index in [-0.39, 0.29) is 5.92 Å². The molecule has 1 N–H and O–H groups in total. The maximum Gasteiger partial charge on any atom is 0.407 e. The summed E-state index contributed by atoms with van der Waals surface area (Å²) in [6.45, 7) is 7.44. The lowest BCUT2D eigenvalue weighted by atomic mass is 9.98. The van der Waals surface area contributed by atoms with Gasteiger partial charge in [-0.15, -0.1) is 11.6 Å². The third-order valence-electron chi connectivity index (χ3n) is 7.11. The first-order valence-corrected chi connectivity index (χ1v) is 16.5. The van der Waals surface area contributed by atoms with Crippen molar-refractivity contribution in [2.75, 3.05) is 98.3 Å². The number of nitrogens with one attached hydrogen (secondary N) is 1. The summed E-state index contributed by atoms with van der Waals surface area (Å²) in [7, 11) is 0. The number of halogens is 1. The summed E-state index contributed by atoms with van der Waals surface area (Å²) >= 11 is 5.66. The van der Waals surface area contributed by atoms with Crippen molar-refractivity contribution in [3.8, 4) is 11.1 Å². The second kappa shape index (κ2) is 24.1. The van der Waals surface area contributed by atoms with E-state index in [4.69, 9.17) is 44.8 Å². The highest BCUT2D eigenvalue weighted by Gasteiger charge is 2.28. The molecule has 0 aliphatic heterocycles. The Balaban J connectivity index is 1.02. The predicted molar refractivity (Wildman–Crippen MR) is 172 cm³/mol. The molecule has 0 spiro atoms. The number of ether oxygens (including phenoxy) is 7. The van der Waals surface area contributed by atoms with Gasteiger partial charge in [0.1, 0.15) is 6.61 Å². The van der Waals surface area contributed by atoms with E-state index in [1.54, 1.807) is 0 Å². The van der Waals surface area contributed by atoms with Gasteiger partial charge in [0.2, 0.25) is 0 Å². The van der Waals surface area contributed by atoms with Gasteiger partial charge in [-0.3, -0.25) is 0 Å². The molecule has 1 aliphatic carbocycles. The number of fused-ring (bicyclic) bond motifs is 3. The Kier molecular flexibility index (Phi) is 19.8. The molecule has 9 nitrogen and oxygen atoms in total. The van der Waals surface area contributed by atoms with Gasteiger partial charge in [-0.25, -0.2) is 4.79 Å². The number of hydrogen-bond acceptors (Lipinski definition) is 8. The molecule has 2 aromatic carbocycles. The van der Waals surface area contributed by atoms with Crippen LogP contribution in [-0.2, 0) is 33.2 Å². The monoisotopic (exact) mass is 635 g/mol. The molecule has 10 heteroatoms. The Labute approximate surface area is 267 Å². The normalized spacial score (nSPS) is 12.3. The zero-order chi connectivity index (χ0) is 30.9. The number of alkyl carbamates (subject to hydrolysis) is 1. The predicted octanol–water partition coefficient (Wildman–Crippen LogP) is 5.81. The van der Waals surface area contributed by atoms with E-state index in [0.29, 0.717) is 92.2 Å². The third kappa shape index (κ3) is 14.7. The number of benzene rings is 2. The summed E-state index contributed by atoms with van der Waals surface area (Å²) in [4.78, 5) is 12.2. The number of amides is 1. The van der Waals surface area contributed by atoms with E-state index in [1.807, 2.05) is 24.3 Å². The average molecular weight is 636 g/mol. The fourth-order valence-electron chi connectivity index (χ4n) is 4.87. The summed E-state index contributed by atoms with van der Waals surface area (Å²) in [5, 5.41) is 2.81. The molecule has 0 fully saturated rings. The maximum atomic E-state index is 12.2. The maximum absolute atomic E-state index is 12.2. The Morgan fingerprint density at radius 1 is 0.568 bits per heavy atom. The van der Waals surface area contributed by atoms with E-state index >= 15 is 0 Å². The molecule has 0 radical (unpaired) electrons. The van der Waals surface area contributed by atoms with Crippen LogP contribution < -0.4 is 5.32 Å². The summed E-state index contributed by atoms with van der Waals surface area (Å²) in [6, 6.07) is 16.6. The zero-order valence-electron chi connectivity index (χ0n) is 26.0. The van der Waals surface area contributed by atoms with Crippen molar-refractivity contribution >= 4 is 17.7 Å². The molecule has 44 heavy (non-hydrogen) atoms. The number of rotatable bonds is 27. The molecule has 0 saturated heterocycles. The highest BCUT2D eigenvalue weighted by molar-refractivity contribution is 6.17. The van der Waals surface area contributed by atoms with Gasteiger partial charge in [-0.2, -0.15) is 0 Å². The SMILES string of the molecule is O=C(NCCCOCCOCCOCCOCCOCCOCCCCCCCl)OCC1c2ccccc2-c2ccccc21. The quantitative estimate of drug-likeness (QED) is 0.0971. The molecule has 0 aromatic heterocycles. The van der Waals surface area contributed by atoms with Gasteiger partial charge in [0, 0.05) is 31.6 Å². The van der Waals surface area contributed by atoms with Crippen LogP contribution in [0, 0.1) is 0 Å². The first kappa shape index (κ1) is 36.2. The molecule has 0 unspecified atom stereocenters. The van der Waals surface area contributed by atoms with E-state index in [0.717, 1.165) is 25.3 Å². The van der Waals surface area contributed by atoms with Crippen LogP contribution in [0.25, 0.3) is 11.1 Å². The van der Waals surface area contributed by atoms with Crippen molar-refractivity contribution < 1.29 is 38.0 Å². The molecule has 0 heterocycles. The van der Waals surface area contributed by atoms with Crippen LogP contribution in [0.1, 0.15) is 49.1 Å². The Morgan fingerprint density at radius 3 is 1.50 bits per heavy atom. The van der Waals surface area contributed by atoms with Crippen LogP contribution >= 0.6 is 11.6 Å². The standard InChI is InChI=1S/C34H50ClNO8/c35-14-7-1-2-8-16-38-18-20-40-22-24-42-26-27-43-25-23-41-21-19-39-17-9-15-36-34(37)44-28-33-31-12-5-3-10-29(31)30-11-4-6-13-32(30)33/h3-6,10-13,33H,1-2,7-9,14-28H2,(H,36,37). The molecule has 0 bridgehead atoms. The number of carbonyl (C=O) groups is 1. The molecular weight excluding hydrogens is 586 g/mol. The Bertz CT molecular complexity index is 981. The number of unbranched alkanes of at least 4 members (excludes halogenated alkanes) is 3. The van der Waals surface area contributed by atoms with Gasteiger partial charge < -0.3 is 38.5 Å². The third-order valence-corrected chi connectivity index (χ3v) is 7.38. The fraction of sp³-hybridized carbons (Fsp3) is 0.618. The first-order chi connectivity index (χ1) is 21.8. The molecule has 1 aliphatic rings. The van der Waals surface area contributed by atoms with Crippen LogP contribution in [0.15, 0.2) is 48.5 Å². The van der Waals surface area contributed by atoms with Crippen molar-refractivity contribution in [2.45, 2.75) is 38.0 Å². The fourth-order valence-corrected chi connectivity index (χ4v) is 5.06. The van der Waals surface area contributed by atoms with Gasteiger partial charge in [-0.1, -0.05) is 61.4 Å². The van der Waals surface area contributed by atoms with E-state index < -0.39 is 6.09 Å². The first-order valence-electron chi connectivity index (χ1n) is 15.9. The van der Waals surface area contributed by atoms with Crippen LogP contribution in [0.3, 0.4) is 0 Å². The Hall–Kier alpha value is -2.24. The van der Waals surface area contributed by atoms with Gasteiger partial charge in [0.25, 0.3) is 0 Å². The average Bonchev–Trinajstić information content (AvgIpc) is 3.37. The molecule has 0 saturated carbocycles.